The molecule has 0 spiro atoms. The number of aromatic nitrogens is 2. The molecule has 0 atom stereocenters. The topological polar surface area (TPSA) is 73.1 Å². The molecular formula is C13H16N4OS. The fourth-order valence-electron chi connectivity index (χ4n) is 1.68. The molecule has 6 heteroatoms. The molecule has 0 fully saturated rings. The van der Waals surface area contributed by atoms with Gasteiger partial charge in [-0.3, -0.25) is 0 Å². The number of nitrogens with zero attached hydrogens (tertiary/aromatic N) is 2. The van der Waals surface area contributed by atoms with Crippen molar-refractivity contribution in [1.29, 1.82) is 0 Å². The van der Waals surface area contributed by atoms with Crippen molar-refractivity contribution in [2.24, 2.45) is 5.84 Å². The Morgan fingerprint density at radius 2 is 2.00 bits per heavy atom. The van der Waals surface area contributed by atoms with Crippen molar-refractivity contribution in [1.82, 2.24) is 9.97 Å². The standard InChI is InChI=1S/C13H16N4OS/c1-3-11-12(17-14)15-8-16-13(11)19-10-6-4-9(18-2)5-7-10/h4-8H,3,14H2,1-2H3,(H,15,16,17). The smallest absolute Gasteiger partial charge is 0.147 e. The number of rotatable bonds is 5. The van der Waals surface area contributed by atoms with Gasteiger partial charge in [-0.15, -0.1) is 0 Å². The van der Waals surface area contributed by atoms with E-state index in [1.54, 1.807) is 18.9 Å². The second-order valence-corrected chi connectivity index (χ2v) is 4.84. The molecule has 1 aromatic carbocycles. The summed E-state index contributed by atoms with van der Waals surface area (Å²) >= 11 is 1.59. The Balaban J connectivity index is 2.26. The number of hydrogen-bond acceptors (Lipinski definition) is 6. The number of nitrogens with two attached hydrogens (primary N) is 1. The van der Waals surface area contributed by atoms with Gasteiger partial charge < -0.3 is 10.2 Å². The maximum absolute atomic E-state index is 5.46. The summed E-state index contributed by atoms with van der Waals surface area (Å²) in [6.07, 6.45) is 2.33. The van der Waals surface area contributed by atoms with Gasteiger partial charge in [0.1, 0.15) is 22.9 Å². The van der Waals surface area contributed by atoms with Crippen LogP contribution in [0.2, 0.25) is 0 Å². The third-order valence-electron chi connectivity index (χ3n) is 2.67. The molecule has 1 heterocycles. The molecule has 0 saturated carbocycles. The molecule has 3 N–H and O–H groups in total. The molecule has 0 bridgehead atoms. The van der Waals surface area contributed by atoms with Gasteiger partial charge >= 0.3 is 0 Å². The molecule has 100 valence electrons. The van der Waals surface area contributed by atoms with Gasteiger partial charge in [0.2, 0.25) is 0 Å². The quantitative estimate of drug-likeness (QED) is 0.496. The van der Waals surface area contributed by atoms with E-state index in [1.165, 1.54) is 6.33 Å². The van der Waals surface area contributed by atoms with Crippen LogP contribution in [-0.4, -0.2) is 17.1 Å². The van der Waals surface area contributed by atoms with Crippen molar-refractivity contribution in [2.45, 2.75) is 23.3 Å². The van der Waals surface area contributed by atoms with Gasteiger partial charge in [-0.25, -0.2) is 15.8 Å². The Kier molecular flexibility index (Phi) is 4.59. The highest BCUT2D eigenvalue weighted by Crippen LogP contribution is 2.32. The molecule has 0 aliphatic carbocycles. The normalized spacial score (nSPS) is 10.3. The summed E-state index contributed by atoms with van der Waals surface area (Å²) in [5.41, 5.74) is 3.63. The van der Waals surface area contributed by atoms with Gasteiger partial charge in [0.15, 0.2) is 0 Å². The zero-order valence-electron chi connectivity index (χ0n) is 10.9. The number of anilines is 1. The lowest BCUT2D eigenvalue weighted by Gasteiger charge is -2.10. The Hall–Kier alpha value is -1.79. The Bertz CT molecular complexity index is 545. The van der Waals surface area contributed by atoms with E-state index in [-0.39, 0.29) is 0 Å². The summed E-state index contributed by atoms with van der Waals surface area (Å²) < 4.78 is 5.14. The minimum absolute atomic E-state index is 0.675. The van der Waals surface area contributed by atoms with E-state index in [0.717, 1.165) is 27.7 Å². The SMILES string of the molecule is CCc1c(NN)ncnc1Sc1ccc(OC)cc1. The van der Waals surface area contributed by atoms with Crippen LogP contribution in [0.1, 0.15) is 12.5 Å². The van der Waals surface area contributed by atoms with Crippen LogP contribution >= 0.6 is 11.8 Å². The predicted octanol–water partition coefficient (Wildman–Crippen LogP) is 2.48. The Morgan fingerprint density at radius 3 is 2.58 bits per heavy atom. The summed E-state index contributed by atoms with van der Waals surface area (Å²) in [6.45, 7) is 2.05. The molecule has 2 rings (SSSR count). The highest BCUT2D eigenvalue weighted by atomic mass is 32.2. The summed E-state index contributed by atoms with van der Waals surface area (Å²) in [5.74, 6) is 6.97. The van der Waals surface area contributed by atoms with Crippen LogP contribution in [0, 0.1) is 0 Å². The number of benzene rings is 1. The van der Waals surface area contributed by atoms with Gasteiger partial charge in [0.05, 0.1) is 7.11 Å². The molecule has 1 aromatic heterocycles. The molecule has 0 unspecified atom stereocenters. The van der Waals surface area contributed by atoms with Gasteiger partial charge in [0.25, 0.3) is 0 Å². The summed E-state index contributed by atoms with van der Waals surface area (Å²) in [6, 6.07) is 7.86. The first kappa shape index (κ1) is 13.6. The second kappa shape index (κ2) is 6.40. The lowest BCUT2D eigenvalue weighted by atomic mass is 10.2. The molecule has 19 heavy (non-hydrogen) atoms. The van der Waals surface area contributed by atoms with Crippen LogP contribution in [-0.2, 0) is 6.42 Å². The van der Waals surface area contributed by atoms with Crippen LogP contribution in [0.15, 0.2) is 40.5 Å². The average Bonchev–Trinajstić information content (AvgIpc) is 2.47. The van der Waals surface area contributed by atoms with Crippen molar-refractivity contribution in [2.75, 3.05) is 12.5 Å². The van der Waals surface area contributed by atoms with Crippen LogP contribution in [0.5, 0.6) is 5.75 Å². The number of methoxy groups -OCH3 is 1. The van der Waals surface area contributed by atoms with Crippen molar-refractivity contribution in [3.8, 4) is 5.75 Å². The molecular weight excluding hydrogens is 260 g/mol. The monoisotopic (exact) mass is 276 g/mol. The van der Waals surface area contributed by atoms with E-state index < -0.39 is 0 Å². The first-order chi connectivity index (χ1) is 9.28. The van der Waals surface area contributed by atoms with E-state index in [0.29, 0.717) is 5.82 Å². The van der Waals surface area contributed by atoms with Crippen molar-refractivity contribution < 1.29 is 4.74 Å². The second-order valence-electron chi connectivity index (χ2n) is 3.78. The van der Waals surface area contributed by atoms with E-state index >= 15 is 0 Å². The lowest BCUT2D eigenvalue weighted by molar-refractivity contribution is 0.414. The molecule has 0 saturated heterocycles. The minimum Gasteiger partial charge on any atom is -0.497 e. The zero-order chi connectivity index (χ0) is 13.7. The highest BCUT2D eigenvalue weighted by molar-refractivity contribution is 7.99. The maximum Gasteiger partial charge on any atom is 0.147 e. The minimum atomic E-state index is 0.675. The summed E-state index contributed by atoms with van der Waals surface area (Å²) in [5, 5.41) is 0.913. The molecule has 0 amide bonds. The third kappa shape index (κ3) is 3.15. The predicted molar refractivity (Wildman–Crippen MR) is 76.3 cm³/mol. The number of nitrogen functional groups attached to an aromatic ring is 1. The van der Waals surface area contributed by atoms with Crippen molar-refractivity contribution in [3.05, 3.63) is 36.2 Å². The molecule has 2 aromatic rings. The van der Waals surface area contributed by atoms with Crippen LogP contribution in [0.3, 0.4) is 0 Å². The zero-order valence-corrected chi connectivity index (χ0v) is 11.7. The highest BCUT2D eigenvalue weighted by Gasteiger charge is 2.10. The fraction of sp³-hybridized carbons (Fsp3) is 0.231. The summed E-state index contributed by atoms with van der Waals surface area (Å²) in [4.78, 5) is 9.53. The van der Waals surface area contributed by atoms with E-state index in [4.69, 9.17) is 10.6 Å². The first-order valence-corrected chi connectivity index (χ1v) is 6.72. The Labute approximate surface area is 116 Å². The first-order valence-electron chi connectivity index (χ1n) is 5.90. The van der Waals surface area contributed by atoms with Crippen LogP contribution in [0.4, 0.5) is 5.82 Å². The van der Waals surface area contributed by atoms with E-state index in [1.807, 2.05) is 24.3 Å². The van der Waals surface area contributed by atoms with E-state index in [9.17, 15) is 0 Å². The number of hydrazine groups is 1. The molecule has 0 radical (unpaired) electrons. The largest absolute Gasteiger partial charge is 0.497 e. The number of nitrogens with one attached hydrogen (secondary N) is 1. The van der Waals surface area contributed by atoms with Gasteiger partial charge in [0, 0.05) is 10.5 Å². The van der Waals surface area contributed by atoms with Crippen molar-refractivity contribution in [3.63, 3.8) is 0 Å². The van der Waals surface area contributed by atoms with E-state index in [2.05, 4.69) is 22.3 Å². The van der Waals surface area contributed by atoms with Gasteiger partial charge in [-0.2, -0.15) is 0 Å². The fourth-order valence-corrected chi connectivity index (χ4v) is 2.64. The molecule has 5 nitrogen and oxygen atoms in total. The molecule has 0 aliphatic heterocycles. The lowest BCUT2D eigenvalue weighted by Crippen LogP contribution is -2.12. The number of hydrogen-bond donors (Lipinski definition) is 2. The van der Waals surface area contributed by atoms with Gasteiger partial charge in [-0.1, -0.05) is 18.7 Å². The van der Waals surface area contributed by atoms with Crippen molar-refractivity contribution >= 4 is 17.6 Å². The number of ether oxygens (including phenoxy) is 1. The van der Waals surface area contributed by atoms with Crippen LogP contribution < -0.4 is 16.0 Å². The third-order valence-corrected chi connectivity index (χ3v) is 3.72. The Morgan fingerprint density at radius 1 is 1.26 bits per heavy atom. The maximum atomic E-state index is 5.46. The van der Waals surface area contributed by atoms with Gasteiger partial charge in [-0.05, 0) is 30.7 Å². The molecule has 0 aliphatic rings. The summed E-state index contributed by atoms with van der Waals surface area (Å²) in [7, 11) is 1.65. The van der Waals surface area contributed by atoms with Crippen LogP contribution in [0.25, 0.3) is 0 Å². The average molecular weight is 276 g/mol.